The lowest BCUT2D eigenvalue weighted by molar-refractivity contribution is -0.161. The molecule has 4 heteroatoms. The molecule has 4 atom stereocenters. The zero-order valence-corrected chi connectivity index (χ0v) is 14.1. The van der Waals surface area contributed by atoms with Crippen LogP contribution in [0.25, 0.3) is 0 Å². The van der Waals surface area contributed by atoms with Crippen molar-refractivity contribution in [2.75, 3.05) is 13.7 Å². The van der Waals surface area contributed by atoms with E-state index in [1.165, 1.54) is 12.8 Å². The minimum atomic E-state index is -0.941. The van der Waals surface area contributed by atoms with E-state index in [-0.39, 0.29) is 18.7 Å². The first kappa shape index (κ1) is 16.5. The summed E-state index contributed by atoms with van der Waals surface area (Å²) in [5.41, 5.74) is -0.102. The highest BCUT2D eigenvalue weighted by Crippen LogP contribution is 2.37. The molecule has 2 saturated heterocycles. The molecule has 0 spiro atoms. The predicted octanol–water partition coefficient (Wildman–Crippen LogP) is 2.50. The Morgan fingerprint density at radius 2 is 1.87 bits per heavy atom. The monoisotopic (exact) mass is 317 g/mol. The van der Waals surface area contributed by atoms with E-state index in [1.807, 2.05) is 37.3 Å². The van der Waals surface area contributed by atoms with Gasteiger partial charge in [-0.3, -0.25) is 4.79 Å². The molecule has 126 valence electrons. The van der Waals surface area contributed by atoms with Gasteiger partial charge in [-0.1, -0.05) is 37.3 Å². The highest BCUT2D eigenvalue weighted by Gasteiger charge is 2.44. The van der Waals surface area contributed by atoms with Crippen molar-refractivity contribution < 1.29 is 14.6 Å². The molecule has 0 aliphatic carbocycles. The topological polar surface area (TPSA) is 49.8 Å². The molecular weight excluding hydrogens is 290 g/mol. The molecule has 2 heterocycles. The number of esters is 1. The summed E-state index contributed by atoms with van der Waals surface area (Å²) in [5.74, 6) is -0.275. The molecule has 0 aromatic heterocycles. The zero-order valence-electron chi connectivity index (χ0n) is 14.1. The molecule has 2 aliphatic rings. The van der Waals surface area contributed by atoms with Gasteiger partial charge in [0.15, 0.2) is 0 Å². The molecule has 4 nitrogen and oxygen atoms in total. The van der Waals surface area contributed by atoms with E-state index in [9.17, 15) is 9.90 Å². The molecule has 23 heavy (non-hydrogen) atoms. The second kappa shape index (κ2) is 6.62. The molecule has 2 bridgehead atoms. The summed E-state index contributed by atoms with van der Waals surface area (Å²) >= 11 is 0. The number of piperidine rings is 1. The lowest BCUT2D eigenvalue weighted by atomic mass is 9.78. The molecule has 0 amide bonds. The first-order valence-electron chi connectivity index (χ1n) is 8.70. The summed E-state index contributed by atoms with van der Waals surface area (Å²) in [6.45, 7) is 1.72. The fourth-order valence-electron chi connectivity index (χ4n) is 4.21. The van der Waals surface area contributed by atoms with Crippen LogP contribution in [0.1, 0.15) is 44.6 Å². The molecule has 0 radical (unpaired) electrons. The molecule has 0 saturated carbocycles. The minimum absolute atomic E-state index is 0.0163. The van der Waals surface area contributed by atoms with Gasteiger partial charge in [-0.25, -0.2) is 0 Å². The Hall–Kier alpha value is -1.39. The van der Waals surface area contributed by atoms with Crippen molar-refractivity contribution in [2.45, 2.75) is 62.6 Å². The Kier molecular flexibility index (Phi) is 4.74. The highest BCUT2D eigenvalue weighted by atomic mass is 16.5. The Balaban J connectivity index is 1.75. The number of rotatable bonds is 5. The number of hydrogen-bond donors (Lipinski definition) is 1. The van der Waals surface area contributed by atoms with Crippen LogP contribution >= 0.6 is 0 Å². The maximum Gasteiger partial charge on any atom is 0.319 e. The van der Waals surface area contributed by atoms with Gasteiger partial charge in [0.05, 0.1) is 6.61 Å². The van der Waals surface area contributed by atoms with Crippen LogP contribution < -0.4 is 0 Å². The Labute approximate surface area is 138 Å². The Bertz CT molecular complexity index is 527. The summed E-state index contributed by atoms with van der Waals surface area (Å²) in [5, 5.41) is 9.98. The first-order chi connectivity index (χ1) is 11.1. The standard InChI is InChI=1S/C19H27NO3/c1-3-19(13-21,14-7-5-4-6-8-14)18(22)23-17-11-15-9-10-16(12-17)20(15)2/h4-8,15-17,21H,3,9-13H2,1-2H3/t15-,16+,17-,19?. The molecule has 3 rings (SSSR count). The molecule has 1 unspecified atom stereocenters. The highest BCUT2D eigenvalue weighted by molar-refractivity contribution is 5.83. The number of carbonyl (C=O) groups is 1. The van der Waals surface area contributed by atoms with Crippen LogP contribution in [0.5, 0.6) is 0 Å². The van der Waals surface area contributed by atoms with E-state index in [1.54, 1.807) is 0 Å². The molecule has 1 aromatic rings. The van der Waals surface area contributed by atoms with Crippen molar-refractivity contribution in [1.29, 1.82) is 0 Å². The average molecular weight is 317 g/mol. The predicted molar refractivity (Wildman–Crippen MR) is 89.2 cm³/mol. The van der Waals surface area contributed by atoms with Crippen LogP contribution in [0, 0.1) is 0 Å². The number of carbonyl (C=O) groups excluding carboxylic acids is 1. The van der Waals surface area contributed by atoms with Crippen molar-refractivity contribution in [3.8, 4) is 0 Å². The second-order valence-corrected chi connectivity index (χ2v) is 7.01. The van der Waals surface area contributed by atoms with Crippen LogP contribution in [-0.2, 0) is 14.9 Å². The number of aliphatic hydroxyl groups is 1. The summed E-state index contributed by atoms with van der Waals surface area (Å²) in [6.07, 6.45) is 4.75. The summed E-state index contributed by atoms with van der Waals surface area (Å²) in [4.78, 5) is 15.3. The van der Waals surface area contributed by atoms with Gasteiger partial charge in [-0.2, -0.15) is 0 Å². The van der Waals surface area contributed by atoms with E-state index in [0.29, 0.717) is 18.5 Å². The van der Waals surface area contributed by atoms with E-state index in [4.69, 9.17) is 4.74 Å². The van der Waals surface area contributed by atoms with E-state index in [2.05, 4.69) is 11.9 Å². The normalized spacial score (nSPS) is 30.0. The van der Waals surface area contributed by atoms with Crippen molar-refractivity contribution in [2.24, 2.45) is 0 Å². The lowest BCUT2D eigenvalue weighted by Gasteiger charge is -2.38. The molecule has 1 aromatic carbocycles. The van der Waals surface area contributed by atoms with E-state index >= 15 is 0 Å². The number of aliphatic hydroxyl groups excluding tert-OH is 1. The number of ether oxygens (including phenoxy) is 1. The molecule has 1 N–H and O–H groups in total. The Morgan fingerprint density at radius 3 is 2.39 bits per heavy atom. The fourth-order valence-corrected chi connectivity index (χ4v) is 4.21. The first-order valence-corrected chi connectivity index (χ1v) is 8.70. The largest absolute Gasteiger partial charge is 0.462 e. The van der Waals surface area contributed by atoms with Gasteiger partial charge in [0.2, 0.25) is 0 Å². The third-order valence-electron chi connectivity index (χ3n) is 5.92. The average Bonchev–Trinajstić information content (AvgIpc) is 2.79. The Morgan fingerprint density at radius 1 is 1.26 bits per heavy atom. The van der Waals surface area contributed by atoms with Gasteiger partial charge in [-0.05, 0) is 44.7 Å². The van der Waals surface area contributed by atoms with Crippen LogP contribution in [0.15, 0.2) is 30.3 Å². The van der Waals surface area contributed by atoms with Crippen molar-refractivity contribution in [1.82, 2.24) is 4.90 Å². The summed E-state index contributed by atoms with van der Waals surface area (Å²) < 4.78 is 5.90. The van der Waals surface area contributed by atoms with Crippen molar-refractivity contribution >= 4 is 5.97 Å². The van der Waals surface area contributed by atoms with E-state index in [0.717, 1.165) is 18.4 Å². The van der Waals surface area contributed by atoms with E-state index < -0.39 is 5.41 Å². The van der Waals surface area contributed by atoms with Crippen LogP contribution in [0.2, 0.25) is 0 Å². The number of fused-ring (bicyclic) bond motifs is 2. The maximum absolute atomic E-state index is 12.9. The maximum atomic E-state index is 12.9. The summed E-state index contributed by atoms with van der Waals surface area (Å²) in [7, 11) is 2.18. The molecular formula is C19H27NO3. The van der Waals surface area contributed by atoms with Gasteiger partial charge in [0, 0.05) is 12.1 Å². The second-order valence-electron chi connectivity index (χ2n) is 7.01. The minimum Gasteiger partial charge on any atom is -0.462 e. The fraction of sp³-hybridized carbons (Fsp3) is 0.632. The van der Waals surface area contributed by atoms with Gasteiger partial charge >= 0.3 is 5.97 Å². The third-order valence-corrected chi connectivity index (χ3v) is 5.92. The van der Waals surface area contributed by atoms with Crippen molar-refractivity contribution in [3.63, 3.8) is 0 Å². The van der Waals surface area contributed by atoms with Gasteiger partial charge in [0.1, 0.15) is 11.5 Å². The van der Waals surface area contributed by atoms with Gasteiger partial charge < -0.3 is 14.7 Å². The lowest BCUT2D eigenvalue weighted by Crippen LogP contribution is -2.47. The molecule has 2 aliphatic heterocycles. The van der Waals surface area contributed by atoms with Crippen LogP contribution in [0.3, 0.4) is 0 Å². The SMILES string of the molecule is CCC(CO)(C(=O)O[C@@H]1C[C@H]2CC[C@@H](C1)N2C)c1ccccc1. The summed E-state index contributed by atoms with van der Waals surface area (Å²) in [6, 6.07) is 10.6. The van der Waals surface area contributed by atoms with Crippen molar-refractivity contribution in [3.05, 3.63) is 35.9 Å². The van der Waals surface area contributed by atoms with Gasteiger partial charge in [0.25, 0.3) is 0 Å². The number of hydrogen-bond acceptors (Lipinski definition) is 4. The molecule has 2 fully saturated rings. The zero-order chi connectivity index (χ0) is 16.4. The quantitative estimate of drug-likeness (QED) is 0.848. The van der Waals surface area contributed by atoms with Crippen LogP contribution in [-0.4, -0.2) is 47.8 Å². The van der Waals surface area contributed by atoms with Crippen LogP contribution in [0.4, 0.5) is 0 Å². The third kappa shape index (κ3) is 2.90. The number of benzene rings is 1. The van der Waals surface area contributed by atoms with Gasteiger partial charge in [-0.15, -0.1) is 0 Å². The number of nitrogens with zero attached hydrogens (tertiary/aromatic N) is 1. The smallest absolute Gasteiger partial charge is 0.319 e.